The largest absolute Gasteiger partial charge is 0.314 e. The van der Waals surface area contributed by atoms with Crippen molar-refractivity contribution in [2.75, 3.05) is 32.9 Å². The fraction of sp³-hybridized carbons (Fsp3) is 1.00. The molecule has 0 radical (unpaired) electrons. The lowest BCUT2D eigenvalue weighted by Crippen LogP contribution is -2.29. The lowest BCUT2D eigenvalue weighted by molar-refractivity contribution is 0.386. The first-order valence-electron chi connectivity index (χ1n) is 9.19. The van der Waals surface area contributed by atoms with Crippen LogP contribution in [0.3, 0.4) is 0 Å². The number of thiol groups is 1. The van der Waals surface area contributed by atoms with Crippen LogP contribution in [0.1, 0.15) is 77.6 Å². The zero-order valence-electron chi connectivity index (χ0n) is 15.3. The van der Waals surface area contributed by atoms with E-state index >= 15 is 0 Å². The maximum atomic E-state index is 4.25. The number of hydrogen-bond acceptors (Lipinski definition) is 3. The summed E-state index contributed by atoms with van der Waals surface area (Å²) in [6.45, 7) is 4.76. The monoisotopic (exact) mass is 396 g/mol. The summed E-state index contributed by atoms with van der Waals surface area (Å²) < 4.78 is 0. The van der Waals surface area contributed by atoms with Gasteiger partial charge in [0, 0.05) is 6.04 Å². The van der Waals surface area contributed by atoms with Crippen LogP contribution in [0.2, 0.25) is 0 Å². The van der Waals surface area contributed by atoms with Crippen LogP contribution in [0.5, 0.6) is 0 Å². The van der Waals surface area contributed by atoms with Gasteiger partial charge in [0.1, 0.15) is 0 Å². The first kappa shape index (κ1) is 25.0. The van der Waals surface area contributed by atoms with Crippen molar-refractivity contribution in [3.63, 3.8) is 0 Å². The van der Waals surface area contributed by atoms with E-state index in [1.165, 1.54) is 83.7 Å². The van der Waals surface area contributed by atoms with Gasteiger partial charge in [-0.05, 0) is 65.0 Å². The molecule has 136 valence electrons. The Morgan fingerprint density at radius 2 is 1.45 bits per heavy atom. The predicted octanol–water partition coefficient (Wildman–Crippen LogP) is 5.32. The summed E-state index contributed by atoms with van der Waals surface area (Å²) in [7, 11) is 4.33. The second-order valence-corrected chi connectivity index (χ2v) is 7.00. The van der Waals surface area contributed by atoms with Crippen molar-refractivity contribution in [3.8, 4) is 0 Å². The first-order valence-corrected chi connectivity index (χ1v) is 9.83. The molecule has 0 aromatic carbocycles. The van der Waals surface area contributed by atoms with Crippen molar-refractivity contribution in [2.24, 2.45) is 0 Å². The number of rotatable bonds is 16. The van der Waals surface area contributed by atoms with E-state index in [1.54, 1.807) is 0 Å². The van der Waals surface area contributed by atoms with E-state index in [0.29, 0.717) is 0 Å². The Balaban J connectivity index is 0. The molecule has 0 aromatic heterocycles. The quantitative estimate of drug-likeness (QED) is 0.271. The number of nitrogens with zero attached hydrogens (tertiary/aromatic N) is 1. The van der Waals surface area contributed by atoms with Crippen molar-refractivity contribution in [1.29, 1.82) is 0 Å². The van der Waals surface area contributed by atoms with E-state index < -0.39 is 0 Å². The van der Waals surface area contributed by atoms with Crippen LogP contribution in [0.4, 0.5) is 0 Å². The molecule has 0 saturated heterocycles. The fourth-order valence-electron chi connectivity index (χ4n) is 2.70. The minimum Gasteiger partial charge on any atom is -0.314 e. The normalized spacial score (nSPS) is 12.4. The highest BCUT2D eigenvalue weighted by molar-refractivity contribution is 8.93. The third-order valence-corrected chi connectivity index (χ3v) is 4.48. The van der Waals surface area contributed by atoms with Gasteiger partial charge in [0.25, 0.3) is 0 Å². The summed E-state index contributed by atoms with van der Waals surface area (Å²) in [5.74, 6) is 1.04. The minimum absolute atomic E-state index is 0. The van der Waals surface area contributed by atoms with E-state index in [-0.39, 0.29) is 17.0 Å². The van der Waals surface area contributed by atoms with Gasteiger partial charge in [-0.25, -0.2) is 0 Å². The Morgan fingerprint density at radius 3 is 2.09 bits per heavy atom. The van der Waals surface area contributed by atoms with Gasteiger partial charge in [-0.15, -0.1) is 17.0 Å². The van der Waals surface area contributed by atoms with Crippen molar-refractivity contribution >= 4 is 29.6 Å². The highest BCUT2D eigenvalue weighted by atomic mass is 79.9. The first-order chi connectivity index (χ1) is 10.2. The summed E-state index contributed by atoms with van der Waals surface area (Å²) >= 11 is 4.25. The lowest BCUT2D eigenvalue weighted by atomic mass is 10.0. The fourth-order valence-corrected chi connectivity index (χ4v) is 2.92. The van der Waals surface area contributed by atoms with Gasteiger partial charge >= 0.3 is 0 Å². The molecule has 1 N–H and O–H groups in total. The molecule has 0 spiro atoms. The molecular weight excluding hydrogens is 356 g/mol. The smallest absolute Gasteiger partial charge is 0.00644 e. The third-order valence-electron chi connectivity index (χ3n) is 4.17. The average Bonchev–Trinajstić information content (AvgIpc) is 2.47. The molecule has 0 amide bonds. The van der Waals surface area contributed by atoms with Gasteiger partial charge in [-0.3, -0.25) is 0 Å². The summed E-state index contributed by atoms with van der Waals surface area (Å²) in [5, 5.41) is 3.74. The predicted molar refractivity (Wildman–Crippen MR) is 111 cm³/mol. The zero-order chi connectivity index (χ0) is 15.8. The molecule has 22 heavy (non-hydrogen) atoms. The standard InChI is InChI=1S/C18H40N2S.BrH/c1-4-18(19-15-11-7-9-13-17-21)14-10-6-5-8-12-16-20(2)3;/h18-19,21H,4-17H2,1-3H3;1H. The molecular formula is C18H41BrN2S. The number of hydrogen-bond donors (Lipinski definition) is 2. The Bertz CT molecular complexity index is 204. The maximum absolute atomic E-state index is 4.25. The van der Waals surface area contributed by atoms with Gasteiger partial charge in [0.2, 0.25) is 0 Å². The molecule has 4 heteroatoms. The van der Waals surface area contributed by atoms with Crippen LogP contribution in [0.15, 0.2) is 0 Å². The molecule has 0 bridgehead atoms. The number of nitrogens with one attached hydrogen (secondary N) is 1. The minimum atomic E-state index is 0. The average molecular weight is 398 g/mol. The van der Waals surface area contributed by atoms with Crippen LogP contribution in [-0.4, -0.2) is 43.9 Å². The molecule has 1 atom stereocenters. The van der Waals surface area contributed by atoms with Gasteiger partial charge < -0.3 is 10.2 Å². The van der Waals surface area contributed by atoms with E-state index in [4.69, 9.17) is 0 Å². The van der Waals surface area contributed by atoms with Crippen molar-refractivity contribution < 1.29 is 0 Å². The highest BCUT2D eigenvalue weighted by Gasteiger charge is 2.04. The van der Waals surface area contributed by atoms with E-state index in [1.807, 2.05) is 0 Å². The van der Waals surface area contributed by atoms with Crippen LogP contribution in [0.25, 0.3) is 0 Å². The molecule has 0 aliphatic rings. The summed E-state index contributed by atoms with van der Waals surface area (Å²) in [6, 6.07) is 0.747. The van der Waals surface area contributed by atoms with Gasteiger partial charge in [0.05, 0.1) is 0 Å². The van der Waals surface area contributed by atoms with Gasteiger partial charge in [-0.1, -0.05) is 45.4 Å². The Kier molecular flexibility index (Phi) is 22.5. The Morgan fingerprint density at radius 1 is 0.864 bits per heavy atom. The van der Waals surface area contributed by atoms with Crippen LogP contribution in [0, 0.1) is 0 Å². The maximum Gasteiger partial charge on any atom is 0.00644 e. The highest BCUT2D eigenvalue weighted by Crippen LogP contribution is 2.10. The number of unbranched alkanes of at least 4 members (excludes halogenated alkanes) is 7. The molecule has 0 fully saturated rings. The molecule has 0 aliphatic heterocycles. The van der Waals surface area contributed by atoms with Crippen LogP contribution >= 0.6 is 29.6 Å². The molecule has 0 rings (SSSR count). The molecule has 0 saturated carbocycles. The second kappa shape index (κ2) is 19.8. The van der Waals surface area contributed by atoms with Gasteiger partial charge in [0.15, 0.2) is 0 Å². The van der Waals surface area contributed by atoms with E-state index in [2.05, 4.69) is 43.9 Å². The SMILES string of the molecule is Br.CCC(CCCCCCCN(C)C)NCCCCCCS. The zero-order valence-corrected chi connectivity index (χ0v) is 17.9. The third kappa shape index (κ3) is 18.8. The molecule has 0 aliphatic carbocycles. The summed E-state index contributed by atoms with van der Waals surface area (Å²) in [6.07, 6.45) is 14.9. The van der Waals surface area contributed by atoms with Crippen molar-refractivity contribution in [3.05, 3.63) is 0 Å². The van der Waals surface area contributed by atoms with Gasteiger partial charge in [-0.2, -0.15) is 12.6 Å². The van der Waals surface area contributed by atoms with Crippen LogP contribution < -0.4 is 5.32 Å². The second-order valence-electron chi connectivity index (χ2n) is 6.56. The molecule has 0 heterocycles. The molecule has 0 aromatic rings. The lowest BCUT2D eigenvalue weighted by Gasteiger charge is -2.17. The van der Waals surface area contributed by atoms with Crippen molar-refractivity contribution in [2.45, 2.75) is 83.6 Å². The van der Waals surface area contributed by atoms with E-state index in [0.717, 1.165) is 11.8 Å². The Hall–Kier alpha value is 0.750. The summed E-state index contributed by atoms with van der Waals surface area (Å²) in [5.41, 5.74) is 0. The summed E-state index contributed by atoms with van der Waals surface area (Å²) in [4.78, 5) is 2.29. The van der Waals surface area contributed by atoms with E-state index in [9.17, 15) is 0 Å². The molecule has 1 unspecified atom stereocenters. The van der Waals surface area contributed by atoms with Crippen LogP contribution in [-0.2, 0) is 0 Å². The number of halogens is 1. The topological polar surface area (TPSA) is 15.3 Å². The Labute approximate surface area is 156 Å². The molecule has 2 nitrogen and oxygen atoms in total. The van der Waals surface area contributed by atoms with Crippen molar-refractivity contribution in [1.82, 2.24) is 10.2 Å².